The zero-order chi connectivity index (χ0) is 27.4. The van der Waals surface area contributed by atoms with Crippen molar-refractivity contribution in [3.05, 3.63) is 53.2 Å². The van der Waals surface area contributed by atoms with E-state index in [2.05, 4.69) is 61.6 Å². The number of hydrogen-bond donors (Lipinski definition) is 3. The summed E-state index contributed by atoms with van der Waals surface area (Å²) in [6.45, 7) is 12.1. The summed E-state index contributed by atoms with van der Waals surface area (Å²) in [6.07, 6.45) is 7.37. The van der Waals surface area contributed by atoms with Gasteiger partial charge in [0.1, 0.15) is 23.2 Å². The molecule has 3 heterocycles. The number of nitrogens with zero attached hydrogens (tertiary/aromatic N) is 6. The summed E-state index contributed by atoms with van der Waals surface area (Å²) in [5, 5.41) is 9.45. The Morgan fingerprint density at radius 1 is 1.11 bits per heavy atom. The average molecular weight is 516 g/mol. The molecule has 0 radical (unpaired) electrons. The number of aryl methyl sites for hydroxylation is 1. The highest BCUT2D eigenvalue weighted by molar-refractivity contribution is 6.01. The normalized spacial score (nSPS) is 14.7. The molecule has 0 unspecified atom stereocenters. The van der Waals surface area contributed by atoms with Crippen molar-refractivity contribution in [3.8, 4) is 0 Å². The van der Waals surface area contributed by atoms with E-state index >= 15 is 0 Å². The summed E-state index contributed by atoms with van der Waals surface area (Å²) in [4.78, 5) is 38.0. The van der Waals surface area contributed by atoms with Crippen LogP contribution in [0.2, 0.25) is 0 Å². The van der Waals surface area contributed by atoms with Gasteiger partial charge >= 0.3 is 0 Å². The van der Waals surface area contributed by atoms with Crippen LogP contribution >= 0.6 is 0 Å². The van der Waals surface area contributed by atoms with Crippen molar-refractivity contribution in [2.24, 2.45) is 10.4 Å². The molecule has 1 fully saturated rings. The second-order valence-corrected chi connectivity index (χ2v) is 10.5. The van der Waals surface area contributed by atoms with Crippen LogP contribution in [0.4, 0.5) is 17.5 Å². The molecule has 1 aliphatic heterocycles. The minimum atomic E-state index is -0.229. The van der Waals surface area contributed by atoms with Gasteiger partial charge in [0.2, 0.25) is 5.95 Å². The minimum absolute atomic E-state index is 0.155. The standard InChI is InChI=1S/C28H37N9O/c1-17-12-19(26(38)35-23(30-7)14-22(29-6)28(3,4)5)13-20(18(17)2)34-25-24-21(32-16-33-25)15-31-27(36-24)37-10-8-9-11-37/h12-16,30H,8-11H2,1-7H3,(H,35,38)(H,32,33,34)/b23-14+,29-22+. The van der Waals surface area contributed by atoms with Gasteiger partial charge in [-0.1, -0.05) is 20.8 Å². The lowest BCUT2D eigenvalue weighted by Crippen LogP contribution is -2.32. The highest BCUT2D eigenvalue weighted by Crippen LogP contribution is 2.28. The molecule has 0 spiro atoms. The molecule has 3 N–H and O–H groups in total. The fraction of sp³-hybridized carbons (Fsp3) is 0.429. The van der Waals surface area contributed by atoms with Gasteiger partial charge in [0.05, 0.1) is 6.20 Å². The Balaban J connectivity index is 1.64. The van der Waals surface area contributed by atoms with Crippen molar-refractivity contribution in [2.75, 3.05) is 37.4 Å². The Labute approximate surface area is 224 Å². The monoisotopic (exact) mass is 515 g/mol. The highest BCUT2D eigenvalue weighted by Gasteiger charge is 2.20. The number of amides is 1. The predicted molar refractivity (Wildman–Crippen MR) is 153 cm³/mol. The van der Waals surface area contributed by atoms with E-state index in [9.17, 15) is 4.79 Å². The average Bonchev–Trinajstić information content (AvgIpc) is 3.43. The van der Waals surface area contributed by atoms with Crippen LogP contribution in [0.1, 0.15) is 55.1 Å². The highest BCUT2D eigenvalue weighted by atomic mass is 16.1. The summed E-state index contributed by atoms with van der Waals surface area (Å²) in [5.41, 5.74) is 5.30. The number of hydrogen-bond acceptors (Lipinski definition) is 9. The maximum atomic E-state index is 13.3. The van der Waals surface area contributed by atoms with Crippen LogP contribution in [0.5, 0.6) is 0 Å². The second-order valence-electron chi connectivity index (χ2n) is 10.5. The molecule has 1 saturated heterocycles. The van der Waals surface area contributed by atoms with Crippen LogP contribution in [0.15, 0.2) is 41.5 Å². The van der Waals surface area contributed by atoms with Gasteiger partial charge in [0.25, 0.3) is 5.91 Å². The SMILES string of the molecule is C/N=C(\C=C(/NC)NC(=O)c1cc(C)c(C)c(Nc2ncnc3cnc(N4CCCC4)nc23)c1)C(C)(C)C. The van der Waals surface area contributed by atoms with Crippen molar-refractivity contribution in [1.29, 1.82) is 0 Å². The maximum Gasteiger partial charge on any atom is 0.256 e. The summed E-state index contributed by atoms with van der Waals surface area (Å²) in [7, 11) is 3.53. The van der Waals surface area contributed by atoms with E-state index in [0.717, 1.165) is 48.5 Å². The van der Waals surface area contributed by atoms with Crippen molar-refractivity contribution in [3.63, 3.8) is 0 Å². The molecule has 38 heavy (non-hydrogen) atoms. The Morgan fingerprint density at radius 2 is 1.84 bits per heavy atom. The molecule has 0 atom stereocenters. The van der Waals surface area contributed by atoms with Crippen LogP contribution in [-0.4, -0.2) is 58.7 Å². The first-order valence-electron chi connectivity index (χ1n) is 12.9. The minimum Gasteiger partial charge on any atom is -0.375 e. The third-order valence-electron chi connectivity index (χ3n) is 6.74. The van der Waals surface area contributed by atoms with E-state index in [-0.39, 0.29) is 11.3 Å². The molecule has 1 aromatic carbocycles. The van der Waals surface area contributed by atoms with Crippen LogP contribution in [0.3, 0.4) is 0 Å². The number of carbonyl (C=O) groups is 1. The number of anilines is 3. The predicted octanol–water partition coefficient (Wildman–Crippen LogP) is 4.29. The molecular weight excluding hydrogens is 478 g/mol. The quantitative estimate of drug-likeness (QED) is 0.399. The van der Waals surface area contributed by atoms with Gasteiger partial charge in [-0.25, -0.2) is 19.9 Å². The molecule has 10 nitrogen and oxygen atoms in total. The van der Waals surface area contributed by atoms with Gasteiger partial charge in [0, 0.05) is 55.6 Å². The van der Waals surface area contributed by atoms with Gasteiger partial charge in [-0.05, 0) is 49.9 Å². The third kappa shape index (κ3) is 5.90. The lowest BCUT2D eigenvalue weighted by atomic mass is 9.89. The molecule has 2 aromatic heterocycles. The number of aliphatic imine (C=N–C) groups is 1. The van der Waals surface area contributed by atoms with E-state index in [1.807, 2.05) is 32.1 Å². The molecule has 0 aliphatic carbocycles. The number of rotatable bonds is 7. The number of fused-ring (bicyclic) bond motifs is 1. The molecular formula is C28H37N9O. The van der Waals surface area contributed by atoms with Crippen molar-refractivity contribution < 1.29 is 4.79 Å². The molecule has 0 bridgehead atoms. The van der Waals surface area contributed by atoms with Crippen molar-refractivity contribution in [1.82, 2.24) is 30.6 Å². The maximum absolute atomic E-state index is 13.3. The lowest BCUT2D eigenvalue weighted by Gasteiger charge is -2.20. The van der Waals surface area contributed by atoms with E-state index in [0.29, 0.717) is 34.2 Å². The van der Waals surface area contributed by atoms with E-state index < -0.39 is 0 Å². The van der Waals surface area contributed by atoms with Crippen LogP contribution in [0.25, 0.3) is 11.0 Å². The first kappa shape index (κ1) is 27.0. The van der Waals surface area contributed by atoms with Gasteiger partial charge in [-0.2, -0.15) is 0 Å². The molecule has 4 rings (SSSR count). The summed E-state index contributed by atoms with van der Waals surface area (Å²) >= 11 is 0. The number of aromatic nitrogens is 4. The van der Waals surface area contributed by atoms with E-state index in [1.165, 1.54) is 6.33 Å². The lowest BCUT2D eigenvalue weighted by molar-refractivity contribution is 0.0963. The van der Waals surface area contributed by atoms with Gasteiger partial charge in [-0.15, -0.1) is 0 Å². The van der Waals surface area contributed by atoms with Gasteiger partial charge in [0.15, 0.2) is 5.82 Å². The fourth-order valence-corrected chi connectivity index (χ4v) is 4.37. The van der Waals surface area contributed by atoms with Gasteiger partial charge < -0.3 is 20.9 Å². The number of nitrogens with one attached hydrogen (secondary N) is 3. The third-order valence-corrected chi connectivity index (χ3v) is 6.74. The topological polar surface area (TPSA) is 120 Å². The fourth-order valence-electron chi connectivity index (χ4n) is 4.37. The zero-order valence-corrected chi connectivity index (χ0v) is 23.3. The summed E-state index contributed by atoms with van der Waals surface area (Å²) < 4.78 is 0. The van der Waals surface area contributed by atoms with Crippen LogP contribution < -0.4 is 20.9 Å². The summed E-state index contributed by atoms with van der Waals surface area (Å²) in [5.74, 6) is 1.60. The van der Waals surface area contributed by atoms with Gasteiger partial charge in [-0.3, -0.25) is 9.79 Å². The molecule has 200 valence electrons. The first-order chi connectivity index (χ1) is 18.1. The Morgan fingerprint density at radius 3 is 2.50 bits per heavy atom. The number of benzene rings is 1. The number of allylic oxidation sites excluding steroid dienone is 1. The Bertz CT molecular complexity index is 1400. The Kier molecular flexibility index (Phi) is 7.89. The smallest absolute Gasteiger partial charge is 0.256 e. The van der Waals surface area contributed by atoms with E-state index in [1.54, 1.807) is 20.3 Å². The Hall–Kier alpha value is -4.08. The number of carbonyl (C=O) groups excluding carboxylic acids is 1. The second kappa shape index (κ2) is 11.1. The van der Waals surface area contributed by atoms with Crippen molar-refractivity contribution in [2.45, 2.75) is 47.5 Å². The molecule has 1 aliphatic rings. The zero-order valence-electron chi connectivity index (χ0n) is 23.3. The molecule has 3 aromatic rings. The van der Waals surface area contributed by atoms with E-state index in [4.69, 9.17) is 4.98 Å². The largest absolute Gasteiger partial charge is 0.375 e. The summed E-state index contributed by atoms with van der Waals surface area (Å²) in [6, 6.07) is 3.72. The van der Waals surface area contributed by atoms with Crippen LogP contribution in [-0.2, 0) is 0 Å². The molecule has 10 heteroatoms. The molecule has 0 saturated carbocycles. The van der Waals surface area contributed by atoms with Crippen LogP contribution in [0, 0.1) is 19.3 Å². The molecule has 1 amide bonds. The van der Waals surface area contributed by atoms with Crippen molar-refractivity contribution >= 4 is 40.1 Å². The first-order valence-corrected chi connectivity index (χ1v) is 12.9.